The Labute approximate surface area is 162 Å². The molecule has 0 aliphatic rings. The number of hydrogen-bond acceptors (Lipinski definition) is 5. The third kappa shape index (κ3) is 3.18. The molecule has 4 aromatic rings. The molecule has 0 atom stereocenters. The molecule has 3 aromatic heterocycles. The lowest BCUT2D eigenvalue weighted by Crippen LogP contribution is -2.11. The van der Waals surface area contributed by atoms with Gasteiger partial charge in [0, 0.05) is 33.5 Å². The maximum absolute atomic E-state index is 12.6. The van der Waals surface area contributed by atoms with E-state index in [9.17, 15) is 4.79 Å². The zero-order valence-electron chi connectivity index (χ0n) is 13.4. The van der Waals surface area contributed by atoms with Crippen molar-refractivity contribution < 1.29 is 4.79 Å². The molecular formula is C19H13BrN4OS. The number of nitrogens with two attached hydrogens (primary N) is 1. The quantitative estimate of drug-likeness (QED) is 0.487. The van der Waals surface area contributed by atoms with Crippen LogP contribution in [0.1, 0.15) is 9.67 Å². The summed E-state index contributed by atoms with van der Waals surface area (Å²) in [7, 11) is 0. The number of anilines is 2. The Morgan fingerprint density at radius 2 is 1.92 bits per heavy atom. The van der Waals surface area contributed by atoms with Gasteiger partial charge in [-0.15, -0.1) is 11.3 Å². The molecule has 0 radical (unpaired) electrons. The monoisotopic (exact) mass is 424 g/mol. The minimum Gasteiger partial charge on any atom is -0.397 e. The number of carbonyl (C=O) groups is 1. The van der Waals surface area contributed by atoms with E-state index in [4.69, 9.17) is 5.73 Å². The Bertz CT molecular complexity index is 1090. The second-order valence-electron chi connectivity index (χ2n) is 5.60. The summed E-state index contributed by atoms with van der Waals surface area (Å²) in [6.07, 6.45) is 3.47. The lowest BCUT2D eigenvalue weighted by molar-refractivity contribution is 0.103. The highest BCUT2D eigenvalue weighted by Crippen LogP contribution is 2.34. The Morgan fingerprint density at radius 3 is 2.65 bits per heavy atom. The summed E-state index contributed by atoms with van der Waals surface area (Å²) in [5.74, 6) is -0.240. The first-order valence-corrected chi connectivity index (χ1v) is 9.39. The van der Waals surface area contributed by atoms with Gasteiger partial charge < -0.3 is 11.1 Å². The van der Waals surface area contributed by atoms with Gasteiger partial charge in [-0.1, -0.05) is 15.9 Å². The maximum Gasteiger partial charge on any atom is 0.267 e. The van der Waals surface area contributed by atoms with Gasteiger partial charge in [-0.2, -0.15) is 0 Å². The van der Waals surface area contributed by atoms with Crippen LogP contribution in [0.3, 0.4) is 0 Å². The summed E-state index contributed by atoms with van der Waals surface area (Å²) >= 11 is 4.66. The average molecular weight is 425 g/mol. The van der Waals surface area contributed by atoms with Crippen LogP contribution in [0, 0.1) is 0 Å². The fraction of sp³-hybridized carbons (Fsp3) is 0. The number of hydrogen-bond donors (Lipinski definition) is 2. The van der Waals surface area contributed by atoms with E-state index >= 15 is 0 Å². The summed E-state index contributed by atoms with van der Waals surface area (Å²) in [5, 5.41) is 3.65. The summed E-state index contributed by atoms with van der Waals surface area (Å²) in [6.45, 7) is 0. The molecular weight excluding hydrogens is 412 g/mol. The van der Waals surface area contributed by atoms with Crippen LogP contribution in [0.4, 0.5) is 11.4 Å². The molecule has 0 aliphatic carbocycles. The number of nitrogen functional groups attached to an aromatic ring is 1. The number of amides is 1. The van der Waals surface area contributed by atoms with E-state index in [0.717, 1.165) is 25.9 Å². The van der Waals surface area contributed by atoms with E-state index in [1.807, 2.05) is 48.5 Å². The molecule has 0 aliphatic heterocycles. The predicted molar refractivity (Wildman–Crippen MR) is 109 cm³/mol. The third-order valence-corrected chi connectivity index (χ3v) is 5.50. The van der Waals surface area contributed by atoms with Gasteiger partial charge in [-0.05, 0) is 48.5 Å². The standard InChI is InChI=1S/C19H13BrN4OS/c20-12-3-5-13(6-4-12)23-18(25)17-16(21)14-7-8-15(24-19(14)26-17)11-2-1-9-22-10-11/h1-10H,21H2,(H,23,25). The van der Waals surface area contributed by atoms with Gasteiger partial charge in [0.1, 0.15) is 9.71 Å². The van der Waals surface area contributed by atoms with Gasteiger partial charge in [0.05, 0.1) is 11.4 Å². The Morgan fingerprint density at radius 1 is 1.12 bits per heavy atom. The van der Waals surface area contributed by atoms with Crippen LogP contribution in [0.5, 0.6) is 0 Å². The van der Waals surface area contributed by atoms with Crippen LogP contribution in [-0.2, 0) is 0 Å². The van der Waals surface area contributed by atoms with E-state index in [1.54, 1.807) is 12.4 Å². The molecule has 3 heterocycles. The summed E-state index contributed by atoms with van der Waals surface area (Å²) in [5.41, 5.74) is 9.07. The van der Waals surface area contributed by atoms with Crippen molar-refractivity contribution >= 4 is 54.8 Å². The van der Waals surface area contributed by atoms with Crippen molar-refractivity contribution in [1.29, 1.82) is 0 Å². The number of aromatic nitrogens is 2. The Balaban J connectivity index is 1.68. The number of benzene rings is 1. The normalized spacial score (nSPS) is 10.8. The minimum atomic E-state index is -0.240. The van der Waals surface area contributed by atoms with Crippen LogP contribution in [0.2, 0.25) is 0 Å². The largest absolute Gasteiger partial charge is 0.397 e. The molecule has 0 saturated carbocycles. The molecule has 4 rings (SSSR count). The van der Waals surface area contributed by atoms with E-state index < -0.39 is 0 Å². The molecule has 1 aromatic carbocycles. The maximum atomic E-state index is 12.6. The van der Waals surface area contributed by atoms with Crippen LogP contribution in [0.25, 0.3) is 21.5 Å². The fourth-order valence-corrected chi connectivity index (χ4v) is 3.82. The molecule has 0 unspecified atom stereocenters. The molecule has 128 valence electrons. The first-order valence-electron chi connectivity index (χ1n) is 7.78. The SMILES string of the molecule is Nc1c(C(=O)Nc2ccc(Br)cc2)sc2nc(-c3cccnc3)ccc12. The highest BCUT2D eigenvalue weighted by Gasteiger charge is 2.18. The summed E-state index contributed by atoms with van der Waals surface area (Å²) < 4.78 is 0.948. The van der Waals surface area contributed by atoms with Crippen molar-refractivity contribution in [3.05, 3.63) is 70.3 Å². The number of pyridine rings is 2. The van der Waals surface area contributed by atoms with Crippen molar-refractivity contribution in [3.8, 4) is 11.3 Å². The van der Waals surface area contributed by atoms with E-state index in [2.05, 4.69) is 31.2 Å². The molecule has 0 saturated heterocycles. The second kappa shape index (κ2) is 6.86. The number of fused-ring (bicyclic) bond motifs is 1. The highest BCUT2D eigenvalue weighted by molar-refractivity contribution is 9.10. The molecule has 3 N–H and O–H groups in total. The highest BCUT2D eigenvalue weighted by atomic mass is 79.9. The van der Waals surface area contributed by atoms with Crippen molar-refractivity contribution in [2.75, 3.05) is 11.1 Å². The first kappa shape index (κ1) is 16.7. The summed E-state index contributed by atoms with van der Waals surface area (Å²) in [6, 6.07) is 15.0. The molecule has 0 bridgehead atoms. The van der Waals surface area contributed by atoms with Gasteiger partial charge >= 0.3 is 0 Å². The van der Waals surface area contributed by atoms with Gasteiger partial charge in [0.2, 0.25) is 0 Å². The van der Waals surface area contributed by atoms with Gasteiger partial charge in [-0.25, -0.2) is 4.98 Å². The number of halogens is 1. The van der Waals surface area contributed by atoms with Crippen molar-refractivity contribution in [2.24, 2.45) is 0 Å². The van der Waals surface area contributed by atoms with E-state index in [-0.39, 0.29) is 5.91 Å². The smallest absolute Gasteiger partial charge is 0.267 e. The second-order valence-corrected chi connectivity index (χ2v) is 7.51. The number of thiophene rings is 1. The molecule has 7 heteroatoms. The number of nitrogens with zero attached hydrogens (tertiary/aromatic N) is 2. The van der Waals surface area contributed by atoms with Crippen LogP contribution >= 0.6 is 27.3 Å². The van der Waals surface area contributed by atoms with Gasteiger partial charge in [0.15, 0.2) is 0 Å². The first-order chi connectivity index (χ1) is 12.6. The Kier molecular flexibility index (Phi) is 4.40. The zero-order chi connectivity index (χ0) is 18.1. The van der Waals surface area contributed by atoms with Crippen molar-refractivity contribution in [1.82, 2.24) is 9.97 Å². The topological polar surface area (TPSA) is 80.9 Å². The minimum absolute atomic E-state index is 0.240. The number of rotatable bonds is 3. The van der Waals surface area contributed by atoms with E-state index in [1.165, 1.54) is 11.3 Å². The van der Waals surface area contributed by atoms with Crippen molar-refractivity contribution in [3.63, 3.8) is 0 Å². The third-order valence-electron chi connectivity index (χ3n) is 3.86. The summed E-state index contributed by atoms with van der Waals surface area (Å²) in [4.78, 5) is 22.6. The van der Waals surface area contributed by atoms with Crippen molar-refractivity contribution in [2.45, 2.75) is 0 Å². The Hall–Kier alpha value is -2.77. The zero-order valence-corrected chi connectivity index (χ0v) is 15.8. The predicted octanol–water partition coefficient (Wildman–Crippen LogP) is 4.96. The number of nitrogens with one attached hydrogen (secondary N) is 1. The number of carbonyl (C=O) groups excluding carboxylic acids is 1. The van der Waals surface area contributed by atoms with Crippen LogP contribution in [-0.4, -0.2) is 15.9 Å². The molecule has 1 amide bonds. The molecule has 0 spiro atoms. The van der Waals surface area contributed by atoms with Gasteiger partial charge in [-0.3, -0.25) is 9.78 Å². The lowest BCUT2D eigenvalue weighted by Gasteiger charge is -2.04. The fourth-order valence-electron chi connectivity index (χ4n) is 2.56. The average Bonchev–Trinajstić information content (AvgIpc) is 3.00. The van der Waals surface area contributed by atoms with E-state index in [0.29, 0.717) is 16.3 Å². The lowest BCUT2D eigenvalue weighted by atomic mass is 10.1. The molecule has 26 heavy (non-hydrogen) atoms. The van der Waals surface area contributed by atoms with Crippen LogP contribution in [0.15, 0.2) is 65.4 Å². The molecule has 5 nitrogen and oxygen atoms in total. The molecule has 0 fully saturated rings. The van der Waals surface area contributed by atoms with Gasteiger partial charge in [0.25, 0.3) is 5.91 Å². The van der Waals surface area contributed by atoms with Crippen LogP contribution < -0.4 is 11.1 Å².